The Kier molecular flexibility index (Phi) is 6.85. The number of aromatic nitrogens is 1. The number of nitrogens with zero attached hydrogens (tertiary/aromatic N) is 1. The molecule has 0 bridgehead atoms. The summed E-state index contributed by atoms with van der Waals surface area (Å²) in [6.45, 7) is 1.64. The molecule has 0 saturated carbocycles. The minimum atomic E-state index is -0.499. The van der Waals surface area contributed by atoms with Crippen LogP contribution >= 0.6 is 23.1 Å². The van der Waals surface area contributed by atoms with Crippen LogP contribution in [0.4, 0.5) is 30.6 Å². The molecule has 3 amide bonds. The number of rotatable bonds is 6. The zero-order valence-electron chi connectivity index (χ0n) is 17.3. The van der Waals surface area contributed by atoms with E-state index in [4.69, 9.17) is 0 Å². The molecule has 33 heavy (non-hydrogen) atoms. The van der Waals surface area contributed by atoms with Crippen molar-refractivity contribution in [1.29, 1.82) is 0 Å². The van der Waals surface area contributed by atoms with Crippen LogP contribution in [0.1, 0.15) is 5.56 Å². The Morgan fingerprint density at radius 2 is 1.67 bits per heavy atom. The molecular formula is C23H18F2N4O2S2. The highest BCUT2D eigenvalue weighted by molar-refractivity contribution is 8.01. The Morgan fingerprint density at radius 1 is 0.939 bits per heavy atom. The van der Waals surface area contributed by atoms with Crippen LogP contribution in [0.2, 0.25) is 0 Å². The standard InChI is InChI=1S/C23H18F2N4O2S2/c1-13-6-7-14(10-17(13)25)26-22(31)27-15-8-9-19-20(11-15)33-23(29-19)32-12-21(30)28-18-5-3-2-4-16(18)24/h2-11H,12H2,1H3,(H,28,30)(H2,26,27,31). The number of fused-ring (bicyclic) bond motifs is 1. The van der Waals surface area contributed by atoms with Gasteiger partial charge in [0.25, 0.3) is 0 Å². The van der Waals surface area contributed by atoms with Crippen molar-refractivity contribution >= 4 is 62.3 Å². The summed E-state index contributed by atoms with van der Waals surface area (Å²) in [6, 6.07) is 15.2. The summed E-state index contributed by atoms with van der Waals surface area (Å²) < 4.78 is 28.8. The molecule has 3 aromatic carbocycles. The van der Waals surface area contributed by atoms with Gasteiger partial charge in [0.1, 0.15) is 11.6 Å². The number of hydrogen-bond donors (Lipinski definition) is 3. The third kappa shape index (κ3) is 5.85. The number of thiazole rings is 1. The molecule has 4 rings (SSSR count). The summed E-state index contributed by atoms with van der Waals surface area (Å²) in [5.41, 5.74) is 2.25. The molecule has 0 fully saturated rings. The van der Waals surface area contributed by atoms with E-state index in [9.17, 15) is 18.4 Å². The Labute approximate surface area is 196 Å². The van der Waals surface area contributed by atoms with Gasteiger partial charge in [-0.2, -0.15) is 0 Å². The first-order valence-electron chi connectivity index (χ1n) is 9.79. The van der Waals surface area contributed by atoms with Gasteiger partial charge in [-0.1, -0.05) is 30.0 Å². The van der Waals surface area contributed by atoms with Crippen molar-refractivity contribution < 1.29 is 18.4 Å². The quantitative estimate of drug-likeness (QED) is 0.282. The molecule has 6 nitrogen and oxygen atoms in total. The van der Waals surface area contributed by atoms with Crippen molar-refractivity contribution in [3.8, 4) is 0 Å². The van der Waals surface area contributed by atoms with Gasteiger partial charge in [0.2, 0.25) is 5.91 Å². The highest BCUT2D eigenvalue weighted by Crippen LogP contribution is 2.31. The Hall–Kier alpha value is -3.50. The van der Waals surface area contributed by atoms with Crippen molar-refractivity contribution in [3.63, 3.8) is 0 Å². The number of amides is 3. The number of carbonyl (C=O) groups excluding carboxylic acids is 2. The van der Waals surface area contributed by atoms with E-state index < -0.39 is 17.7 Å². The maximum Gasteiger partial charge on any atom is 0.323 e. The number of carbonyl (C=O) groups is 2. The van der Waals surface area contributed by atoms with Crippen molar-refractivity contribution in [3.05, 3.63) is 77.9 Å². The molecule has 4 aromatic rings. The number of benzene rings is 3. The normalized spacial score (nSPS) is 10.8. The lowest BCUT2D eigenvalue weighted by Crippen LogP contribution is -2.19. The summed E-state index contributed by atoms with van der Waals surface area (Å²) in [6.07, 6.45) is 0. The molecule has 0 spiro atoms. The fourth-order valence-corrected chi connectivity index (χ4v) is 4.79. The fourth-order valence-electron chi connectivity index (χ4n) is 2.88. The number of urea groups is 1. The van der Waals surface area contributed by atoms with Gasteiger partial charge in [0.15, 0.2) is 4.34 Å². The maximum absolute atomic E-state index is 13.7. The van der Waals surface area contributed by atoms with Crippen molar-refractivity contribution in [2.24, 2.45) is 0 Å². The van der Waals surface area contributed by atoms with Crippen LogP contribution in [0.25, 0.3) is 10.2 Å². The molecule has 0 saturated heterocycles. The van der Waals surface area contributed by atoms with Crippen LogP contribution in [0.5, 0.6) is 0 Å². The third-order valence-corrected chi connectivity index (χ3v) is 6.69. The minimum Gasteiger partial charge on any atom is -0.323 e. The Bertz CT molecular complexity index is 1340. The van der Waals surface area contributed by atoms with Crippen molar-refractivity contribution in [2.75, 3.05) is 21.7 Å². The van der Waals surface area contributed by atoms with Gasteiger partial charge in [-0.3, -0.25) is 4.79 Å². The second-order valence-corrected chi connectivity index (χ2v) is 9.28. The number of aryl methyl sites for hydroxylation is 1. The van der Waals surface area contributed by atoms with Gasteiger partial charge in [-0.05, 0) is 55.0 Å². The van der Waals surface area contributed by atoms with Gasteiger partial charge < -0.3 is 16.0 Å². The molecule has 0 radical (unpaired) electrons. The maximum atomic E-state index is 13.7. The third-order valence-electron chi connectivity index (χ3n) is 4.53. The molecule has 0 atom stereocenters. The number of halogens is 2. The Morgan fingerprint density at radius 3 is 2.42 bits per heavy atom. The average Bonchev–Trinajstić information content (AvgIpc) is 3.19. The number of para-hydroxylation sites is 1. The first kappa shape index (κ1) is 22.7. The van der Waals surface area contributed by atoms with Crippen LogP contribution in [-0.4, -0.2) is 22.7 Å². The summed E-state index contributed by atoms with van der Waals surface area (Å²) in [5.74, 6) is -1.15. The van der Waals surface area contributed by atoms with E-state index >= 15 is 0 Å². The largest absolute Gasteiger partial charge is 0.323 e. The van der Waals surface area contributed by atoms with E-state index in [1.54, 1.807) is 49.4 Å². The smallest absolute Gasteiger partial charge is 0.323 e. The molecule has 0 aliphatic rings. The fraction of sp³-hybridized carbons (Fsp3) is 0.0870. The first-order valence-corrected chi connectivity index (χ1v) is 11.6. The van der Waals surface area contributed by atoms with Crippen LogP contribution in [0, 0.1) is 18.6 Å². The number of nitrogens with one attached hydrogen (secondary N) is 3. The minimum absolute atomic E-state index is 0.0782. The monoisotopic (exact) mass is 484 g/mol. The lowest BCUT2D eigenvalue weighted by molar-refractivity contribution is -0.113. The van der Waals surface area contributed by atoms with Crippen LogP contribution in [-0.2, 0) is 4.79 Å². The molecule has 10 heteroatoms. The average molecular weight is 485 g/mol. The summed E-state index contributed by atoms with van der Waals surface area (Å²) in [5, 5.41) is 7.83. The van der Waals surface area contributed by atoms with E-state index in [2.05, 4.69) is 20.9 Å². The molecule has 0 aliphatic carbocycles. The van der Waals surface area contributed by atoms with Crippen LogP contribution < -0.4 is 16.0 Å². The van der Waals surface area contributed by atoms with E-state index in [0.29, 0.717) is 21.3 Å². The van der Waals surface area contributed by atoms with E-state index in [1.165, 1.54) is 41.3 Å². The van der Waals surface area contributed by atoms with Crippen LogP contribution in [0.15, 0.2) is 65.0 Å². The van der Waals surface area contributed by atoms with Crippen LogP contribution in [0.3, 0.4) is 0 Å². The van der Waals surface area contributed by atoms with Gasteiger partial charge >= 0.3 is 6.03 Å². The number of hydrogen-bond acceptors (Lipinski definition) is 5. The molecule has 1 heterocycles. The highest BCUT2D eigenvalue weighted by atomic mass is 32.2. The predicted molar refractivity (Wildman–Crippen MR) is 129 cm³/mol. The topological polar surface area (TPSA) is 83.1 Å². The molecule has 3 N–H and O–H groups in total. The van der Waals surface area contributed by atoms with Gasteiger partial charge in [-0.15, -0.1) is 11.3 Å². The second kappa shape index (κ2) is 9.97. The molecule has 0 aliphatic heterocycles. The molecular weight excluding hydrogens is 466 g/mol. The van der Waals surface area contributed by atoms with E-state index in [-0.39, 0.29) is 17.3 Å². The van der Waals surface area contributed by atoms with Crippen molar-refractivity contribution in [2.45, 2.75) is 11.3 Å². The molecule has 168 valence electrons. The molecule has 1 aromatic heterocycles. The van der Waals surface area contributed by atoms with Gasteiger partial charge in [0, 0.05) is 11.4 Å². The summed E-state index contributed by atoms with van der Waals surface area (Å²) >= 11 is 2.62. The highest BCUT2D eigenvalue weighted by Gasteiger charge is 2.11. The van der Waals surface area contributed by atoms with E-state index in [1.807, 2.05) is 0 Å². The zero-order valence-corrected chi connectivity index (χ0v) is 18.9. The van der Waals surface area contributed by atoms with Crippen molar-refractivity contribution in [1.82, 2.24) is 4.98 Å². The first-order chi connectivity index (χ1) is 15.9. The van der Waals surface area contributed by atoms with E-state index in [0.717, 1.165) is 10.2 Å². The van der Waals surface area contributed by atoms with Gasteiger partial charge in [-0.25, -0.2) is 18.6 Å². The summed E-state index contributed by atoms with van der Waals surface area (Å²) in [4.78, 5) is 28.8. The lowest BCUT2D eigenvalue weighted by atomic mass is 10.2. The van der Waals surface area contributed by atoms with Gasteiger partial charge in [0.05, 0.1) is 21.7 Å². The number of thioether (sulfide) groups is 1. The summed E-state index contributed by atoms with van der Waals surface area (Å²) in [7, 11) is 0. The zero-order chi connectivity index (χ0) is 23.4. The SMILES string of the molecule is Cc1ccc(NC(=O)Nc2ccc3nc(SCC(=O)Nc4ccccc4F)sc3c2)cc1F. The Balaban J connectivity index is 1.35. The second-order valence-electron chi connectivity index (χ2n) is 7.02. The number of anilines is 3. The predicted octanol–water partition coefficient (Wildman–Crippen LogP) is 6.26. The molecule has 0 unspecified atom stereocenters. The lowest BCUT2D eigenvalue weighted by Gasteiger charge is -2.08.